The summed E-state index contributed by atoms with van der Waals surface area (Å²) in [5.74, 6) is 0. The summed E-state index contributed by atoms with van der Waals surface area (Å²) < 4.78 is 0. The lowest BCUT2D eigenvalue weighted by atomic mass is 10.0. The molecule has 3 heteroatoms. The largest absolute Gasteiger partial charge is 0.354 e. The van der Waals surface area contributed by atoms with Gasteiger partial charge in [0.05, 0.1) is 0 Å². The number of rotatable bonds is 20. The molecule has 0 aromatic rings. The van der Waals surface area contributed by atoms with Crippen molar-refractivity contribution in [1.82, 2.24) is 4.90 Å². The van der Waals surface area contributed by atoms with E-state index >= 15 is 0 Å². The molecule has 3 nitrogen and oxygen atoms in total. The molecule has 0 aliphatic carbocycles. The third-order valence-corrected chi connectivity index (χ3v) is 5.29. The van der Waals surface area contributed by atoms with E-state index in [4.69, 9.17) is 11.5 Å². The summed E-state index contributed by atoms with van der Waals surface area (Å²) in [6.07, 6.45) is 29.2. The molecule has 0 aromatic carbocycles. The number of nitrogens with two attached hydrogens (primary N) is 2. The Balaban J connectivity index is 3.09. The van der Waals surface area contributed by atoms with E-state index in [9.17, 15) is 0 Å². The zero-order valence-corrected chi connectivity index (χ0v) is 18.1. The van der Waals surface area contributed by atoms with Crippen molar-refractivity contribution in [1.29, 1.82) is 0 Å². The van der Waals surface area contributed by atoms with Gasteiger partial charge >= 0.3 is 0 Å². The number of hydrogen-bond donors (Lipinski definition) is 2. The molecule has 0 radical (unpaired) electrons. The van der Waals surface area contributed by atoms with E-state index in [1.807, 2.05) is 18.1 Å². The fraction of sp³-hybridized carbons (Fsp3) is 0.913. The van der Waals surface area contributed by atoms with Crippen LogP contribution in [0.2, 0.25) is 0 Å². The molecule has 0 heterocycles. The summed E-state index contributed by atoms with van der Waals surface area (Å²) in [4.78, 5) is 1.84. The molecule has 0 spiro atoms. The van der Waals surface area contributed by atoms with Crippen molar-refractivity contribution in [3.8, 4) is 0 Å². The van der Waals surface area contributed by atoms with Gasteiger partial charge in [-0.05, 0) is 19.0 Å². The highest BCUT2D eigenvalue weighted by Gasteiger charge is 1.96. The van der Waals surface area contributed by atoms with Crippen LogP contribution < -0.4 is 11.5 Å². The van der Waals surface area contributed by atoms with Crippen LogP contribution in [0, 0.1) is 0 Å². The molecule has 0 rings (SSSR count). The maximum Gasteiger partial charge on any atom is 0.129 e. The zero-order valence-electron chi connectivity index (χ0n) is 18.1. The minimum Gasteiger partial charge on any atom is -0.354 e. The monoisotopic (exact) mass is 367 g/mol. The average Bonchev–Trinajstić information content (AvgIpc) is 2.63. The first-order valence-corrected chi connectivity index (χ1v) is 11.6. The van der Waals surface area contributed by atoms with Crippen molar-refractivity contribution in [2.45, 2.75) is 129 Å². The third-order valence-electron chi connectivity index (χ3n) is 5.29. The highest BCUT2D eigenvalue weighted by molar-refractivity contribution is 4.81. The Hall–Kier alpha value is -0.540. The van der Waals surface area contributed by atoms with Crippen molar-refractivity contribution in [2.24, 2.45) is 11.5 Å². The van der Waals surface area contributed by atoms with Gasteiger partial charge in [0, 0.05) is 7.05 Å². The molecule has 0 bridgehead atoms. The molecular weight excluding hydrogens is 318 g/mol. The van der Waals surface area contributed by atoms with Crippen LogP contribution in [0.5, 0.6) is 0 Å². The van der Waals surface area contributed by atoms with Crippen molar-refractivity contribution < 1.29 is 0 Å². The van der Waals surface area contributed by atoms with Crippen LogP contribution in [-0.2, 0) is 0 Å². The van der Waals surface area contributed by atoms with E-state index in [0.717, 1.165) is 6.42 Å². The minimum absolute atomic E-state index is 0.387. The minimum atomic E-state index is -0.387. The Morgan fingerprint density at radius 1 is 0.615 bits per heavy atom. The fourth-order valence-corrected chi connectivity index (χ4v) is 3.33. The van der Waals surface area contributed by atoms with Gasteiger partial charge < -0.3 is 4.90 Å². The van der Waals surface area contributed by atoms with Gasteiger partial charge in [-0.15, -0.1) is 0 Å². The molecule has 0 aromatic heterocycles. The Bertz CT molecular complexity index is 289. The summed E-state index contributed by atoms with van der Waals surface area (Å²) in [6, 6.07) is 0. The van der Waals surface area contributed by atoms with Crippen molar-refractivity contribution >= 4 is 0 Å². The first-order valence-electron chi connectivity index (χ1n) is 11.6. The molecular formula is C23H49N3. The SMILES string of the molecule is CCCCCCCCCCCCCCCCCCCC=CN(C)C(N)N. The van der Waals surface area contributed by atoms with Crippen LogP contribution in [0.3, 0.4) is 0 Å². The van der Waals surface area contributed by atoms with Crippen LogP contribution in [0.1, 0.15) is 122 Å². The van der Waals surface area contributed by atoms with Crippen molar-refractivity contribution in [3.63, 3.8) is 0 Å². The normalized spacial score (nSPS) is 11.7. The van der Waals surface area contributed by atoms with Gasteiger partial charge in [0.2, 0.25) is 0 Å². The second-order valence-corrected chi connectivity index (χ2v) is 7.99. The molecule has 0 atom stereocenters. The number of unbranched alkanes of at least 4 members (excludes halogenated alkanes) is 17. The predicted molar refractivity (Wildman–Crippen MR) is 118 cm³/mol. The first-order chi connectivity index (χ1) is 12.7. The smallest absolute Gasteiger partial charge is 0.129 e. The van der Waals surface area contributed by atoms with Gasteiger partial charge in [-0.3, -0.25) is 11.5 Å². The maximum absolute atomic E-state index is 5.57. The van der Waals surface area contributed by atoms with Crippen molar-refractivity contribution in [3.05, 3.63) is 12.3 Å². The second kappa shape index (κ2) is 20.8. The summed E-state index contributed by atoms with van der Waals surface area (Å²) in [5.41, 5.74) is 11.1. The lowest BCUT2D eigenvalue weighted by Crippen LogP contribution is -2.43. The van der Waals surface area contributed by atoms with E-state index in [0.29, 0.717) is 0 Å². The average molecular weight is 368 g/mol. The first kappa shape index (κ1) is 25.5. The van der Waals surface area contributed by atoms with E-state index < -0.39 is 0 Å². The molecule has 0 aliphatic rings. The van der Waals surface area contributed by atoms with E-state index in [1.165, 1.54) is 109 Å². The van der Waals surface area contributed by atoms with Crippen LogP contribution in [0.15, 0.2) is 12.3 Å². The summed E-state index contributed by atoms with van der Waals surface area (Å²) in [5, 5.41) is 0. The van der Waals surface area contributed by atoms with E-state index in [-0.39, 0.29) is 6.29 Å². The highest BCUT2D eigenvalue weighted by Crippen LogP contribution is 2.14. The molecule has 0 amide bonds. The van der Waals surface area contributed by atoms with Crippen LogP contribution in [0.25, 0.3) is 0 Å². The molecule has 0 saturated heterocycles. The maximum atomic E-state index is 5.57. The standard InChI is InChI=1S/C23H49N3/c1-3-4-5-6-7-8-9-10-11-12-13-14-15-16-17-18-19-20-21-22-26(2)23(24)25/h21-23H,3-20,24-25H2,1-2H3. The third kappa shape index (κ3) is 19.8. The van der Waals surface area contributed by atoms with Crippen LogP contribution in [0.4, 0.5) is 0 Å². The van der Waals surface area contributed by atoms with E-state index in [1.54, 1.807) is 0 Å². The van der Waals surface area contributed by atoms with Gasteiger partial charge in [0.15, 0.2) is 0 Å². The number of hydrogen-bond acceptors (Lipinski definition) is 3. The van der Waals surface area contributed by atoms with Gasteiger partial charge in [0.1, 0.15) is 6.29 Å². The molecule has 0 aliphatic heterocycles. The van der Waals surface area contributed by atoms with Gasteiger partial charge in [0.25, 0.3) is 0 Å². The summed E-state index contributed by atoms with van der Waals surface area (Å²) in [7, 11) is 1.91. The Morgan fingerprint density at radius 3 is 1.31 bits per heavy atom. The molecule has 26 heavy (non-hydrogen) atoms. The Kier molecular flexibility index (Phi) is 20.3. The summed E-state index contributed by atoms with van der Waals surface area (Å²) >= 11 is 0. The Morgan fingerprint density at radius 2 is 0.962 bits per heavy atom. The second-order valence-electron chi connectivity index (χ2n) is 7.99. The van der Waals surface area contributed by atoms with E-state index in [2.05, 4.69) is 13.0 Å². The lowest BCUT2D eigenvalue weighted by Gasteiger charge is -2.17. The van der Waals surface area contributed by atoms with Gasteiger partial charge in [-0.1, -0.05) is 116 Å². The molecule has 4 N–H and O–H groups in total. The molecule has 156 valence electrons. The lowest BCUT2D eigenvalue weighted by molar-refractivity contribution is 0.345. The number of allylic oxidation sites excluding steroid dienone is 1. The van der Waals surface area contributed by atoms with Crippen LogP contribution in [-0.4, -0.2) is 18.2 Å². The Labute approximate surface area is 165 Å². The molecule has 0 unspecified atom stereocenters. The summed E-state index contributed by atoms with van der Waals surface area (Å²) in [6.45, 7) is 2.29. The van der Waals surface area contributed by atoms with Crippen LogP contribution >= 0.6 is 0 Å². The fourth-order valence-electron chi connectivity index (χ4n) is 3.33. The number of nitrogens with zero attached hydrogens (tertiary/aromatic N) is 1. The molecule has 0 saturated carbocycles. The van der Waals surface area contributed by atoms with Gasteiger partial charge in [-0.2, -0.15) is 0 Å². The van der Waals surface area contributed by atoms with Gasteiger partial charge in [-0.25, -0.2) is 0 Å². The zero-order chi connectivity index (χ0) is 19.3. The quantitative estimate of drug-likeness (QED) is 0.186. The van der Waals surface area contributed by atoms with Crippen molar-refractivity contribution in [2.75, 3.05) is 7.05 Å². The topological polar surface area (TPSA) is 55.3 Å². The predicted octanol–water partition coefficient (Wildman–Crippen LogP) is 6.67. The highest BCUT2D eigenvalue weighted by atomic mass is 15.3. The molecule has 0 fully saturated rings.